The predicted molar refractivity (Wildman–Crippen MR) is 95.6 cm³/mol. The monoisotopic (exact) mass is 354 g/mol. The second-order valence-corrected chi connectivity index (χ2v) is 6.27. The van der Waals surface area contributed by atoms with E-state index in [9.17, 15) is 25.2 Å². The highest BCUT2D eigenvalue weighted by Crippen LogP contribution is 2.44. The first kappa shape index (κ1) is 17.4. The number of hydrogen-bond donors (Lipinski definition) is 4. The first-order valence-electron chi connectivity index (χ1n) is 7.95. The van der Waals surface area contributed by atoms with Gasteiger partial charge in [0.2, 0.25) is 5.78 Å². The predicted octanol–water partition coefficient (Wildman–Crippen LogP) is 3.63. The Morgan fingerprint density at radius 3 is 2.42 bits per heavy atom. The number of carbonyl (C=O) groups excluding carboxylic acids is 1. The summed E-state index contributed by atoms with van der Waals surface area (Å²) < 4.78 is 5.47. The standard InChI is InChI=1S/C20H18O6/c1-10(2)3-5-12-14(22)9-16-18(19(12)24)20(25)17(26-16)8-11-4-6-13(21)15(23)7-11/h3-4,6-9,21-24H,5H2,1-2H3/b17-8+. The largest absolute Gasteiger partial charge is 0.507 e. The molecule has 0 bridgehead atoms. The van der Waals surface area contributed by atoms with E-state index in [0.29, 0.717) is 5.56 Å². The van der Waals surface area contributed by atoms with Crippen LogP contribution >= 0.6 is 0 Å². The van der Waals surface area contributed by atoms with Crippen LogP contribution in [0.1, 0.15) is 35.3 Å². The third-order valence-corrected chi connectivity index (χ3v) is 4.03. The average molecular weight is 354 g/mol. The van der Waals surface area contributed by atoms with Gasteiger partial charge in [0.25, 0.3) is 0 Å². The molecule has 0 fully saturated rings. The molecule has 0 amide bonds. The number of allylic oxidation sites excluding steroid dienone is 3. The Bertz CT molecular complexity index is 965. The number of phenolic OH excluding ortho intramolecular Hbond substituents is 4. The number of carbonyl (C=O) groups is 1. The molecule has 0 saturated carbocycles. The highest BCUT2D eigenvalue weighted by Gasteiger charge is 2.33. The lowest BCUT2D eigenvalue weighted by Gasteiger charge is -2.08. The molecule has 0 radical (unpaired) electrons. The summed E-state index contributed by atoms with van der Waals surface area (Å²) >= 11 is 0. The molecule has 0 unspecified atom stereocenters. The number of Topliss-reactive ketones (excluding diaryl/α,β-unsaturated/α-hetero) is 1. The van der Waals surface area contributed by atoms with E-state index >= 15 is 0 Å². The van der Waals surface area contributed by atoms with Crippen LogP contribution < -0.4 is 4.74 Å². The Balaban J connectivity index is 2.01. The molecule has 2 aromatic rings. The van der Waals surface area contributed by atoms with Crippen molar-refractivity contribution in [2.75, 3.05) is 0 Å². The fourth-order valence-electron chi connectivity index (χ4n) is 2.64. The van der Waals surface area contributed by atoms with Gasteiger partial charge in [-0.1, -0.05) is 17.7 Å². The molecule has 4 N–H and O–H groups in total. The van der Waals surface area contributed by atoms with Crippen LogP contribution in [0.15, 0.2) is 41.7 Å². The van der Waals surface area contributed by atoms with E-state index in [1.807, 2.05) is 19.9 Å². The van der Waals surface area contributed by atoms with Gasteiger partial charge in [-0.15, -0.1) is 0 Å². The van der Waals surface area contributed by atoms with Gasteiger partial charge in [-0.3, -0.25) is 4.79 Å². The minimum Gasteiger partial charge on any atom is -0.507 e. The highest BCUT2D eigenvalue weighted by atomic mass is 16.5. The molecule has 0 aromatic heterocycles. The first-order chi connectivity index (χ1) is 12.3. The Hall–Kier alpha value is -3.41. The summed E-state index contributed by atoms with van der Waals surface area (Å²) in [6, 6.07) is 5.37. The van der Waals surface area contributed by atoms with E-state index in [2.05, 4.69) is 0 Å². The maximum Gasteiger partial charge on any atom is 0.235 e. The van der Waals surface area contributed by atoms with Gasteiger partial charge in [-0.05, 0) is 44.0 Å². The number of ketones is 1. The first-order valence-corrected chi connectivity index (χ1v) is 7.95. The van der Waals surface area contributed by atoms with Crippen molar-refractivity contribution in [2.24, 2.45) is 0 Å². The maximum atomic E-state index is 12.6. The van der Waals surface area contributed by atoms with E-state index in [4.69, 9.17) is 4.74 Å². The quantitative estimate of drug-likeness (QED) is 0.381. The van der Waals surface area contributed by atoms with Gasteiger partial charge in [-0.2, -0.15) is 0 Å². The number of benzene rings is 2. The molecule has 134 valence electrons. The van der Waals surface area contributed by atoms with Crippen LogP contribution in [0, 0.1) is 0 Å². The summed E-state index contributed by atoms with van der Waals surface area (Å²) in [7, 11) is 0. The number of rotatable bonds is 3. The van der Waals surface area contributed by atoms with E-state index in [1.165, 1.54) is 30.3 Å². The van der Waals surface area contributed by atoms with E-state index in [-0.39, 0.29) is 52.1 Å². The fourth-order valence-corrected chi connectivity index (χ4v) is 2.64. The van der Waals surface area contributed by atoms with Gasteiger partial charge in [-0.25, -0.2) is 0 Å². The van der Waals surface area contributed by atoms with Crippen LogP contribution in [0.4, 0.5) is 0 Å². The van der Waals surface area contributed by atoms with Gasteiger partial charge in [0, 0.05) is 11.6 Å². The molecule has 0 spiro atoms. The highest BCUT2D eigenvalue weighted by molar-refractivity contribution is 6.16. The van der Waals surface area contributed by atoms with Crippen molar-refractivity contribution in [1.29, 1.82) is 0 Å². The third kappa shape index (κ3) is 3.09. The zero-order chi connectivity index (χ0) is 19.0. The summed E-state index contributed by atoms with van der Waals surface area (Å²) in [4.78, 5) is 12.6. The van der Waals surface area contributed by atoms with Crippen molar-refractivity contribution in [3.8, 4) is 28.7 Å². The minimum absolute atomic E-state index is 0.00536. The summed E-state index contributed by atoms with van der Waals surface area (Å²) in [6.07, 6.45) is 3.50. The SMILES string of the molecule is CC(C)=CCc1c(O)cc2c(c1O)C(=O)/C(=C\c1ccc(O)c(O)c1)O2. The molecule has 0 aliphatic carbocycles. The molecule has 3 rings (SSSR count). The minimum atomic E-state index is -0.525. The van der Waals surface area contributed by atoms with Crippen LogP contribution in [0.2, 0.25) is 0 Å². The number of fused-ring (bicyclic) bond motifs is 1. The van der Waals surface area contributed by atoms with Crippen molar-refractivity contribution in [1.82, 2.24) is 0 Å². The lowest BCUT2D eigenvalue weighted by molar-refractivity contribution is 0.101. The summed E-state index contributed by atoms with van der Waals surface area (Å²) in [6.45, 7) is 3.78. The molecule has 0 saturated heterocycles. The lowest BCUT2D eigenvalue weighted by atomic mass is 10.0. The molecule has 0 atom stereocenters. The van der Waals surface area contributed by atoms with Gasteiger partial charge in [0.15, 0.2) is 17.3 Å². The van der Waals surface area contributed by atoms with Crippen LogP contribution in [-0.2, 0) is 6.42 Å². The van der Waals surface area contributed by atoms with Gasteiger partial charge < -0.3 is 25.2 Å². The smallest absolute Gasteiger partial charge is 0.235 e. The Labute approximate surface area is 149 Å². The summed E-state index contributed by atoms with van der Waals surface area (Å²) in [5.74, 6) is -1.58. The van der Waals surface area contributed by atoms with Gasteiger partial charge >= 0.3 is 0 Å². The van der Waals surface area contributed by atoms with E-state index in [1.54, 1.807) is 0 Å². The van der Waals surface area contributed by atoms with Crippen molar-refractivity contribution < 1.29 is 30.0 Å². The Morgan fingerprint density at radius 2 is 1.77 bits per heavy atom. The average Bonchev–Trinajstić information content (AvgIpc) is 2.86. The molecule has 6 nitrogen and oxygen atoms in total. The second-order valence-electron chi connectivity index (χ2n) is 6.27. The van der Waals surface area contributed by atoms with Crippen LogP contribution in [0.5, 0.6) is 28.7 Å². The molecule has 1 aliphatic heterocycles. The van der Waals surface area contributed by atoms with Gasteiger partial charge in [0.1, 0.15) is 22.8 Å². The Morgan fingerprint density at radius 1 is 1.04 bits per heavy atom. The number of aromatic hydroxyl groups is 4. The van der Waals surface area contributed by atoms with Crippen LogP contribution in [-0.4, -0.2) is 26.2 Å². The fraction of sp³-hybridized carbons (Fsp3) is 0.150. The molecule has 2 aromatic carbocycles. The molecule has 1 heterocycles. The molecule has 26 heavy (non-hydrogen) atoms. The molecular formula is C20H18O6. The normalized spacial score (nSPS) is 14.2. The summed E-state index contributed by atoms with van der Waals surface area (Å²) in [5, 5.41) is 39.5. The van der Waals surface area contributed by atoms with Crippen LogP contribution in [0.3, 0.4) is 0 Å². The Kier molecular flexibility index (Phi) is 4.34. The molecular weight excluding hydrogens is 336 g/mol. The zero-order valence-corrected chi connectivity index (χ0v) is 14.3. The molecule has 1 aliphatic rings. The van der Waals surface area contributed by atoms with Crippen molar-refractivity contribution in [3.05, 3.63) is 58.4 Å². The topological polar surface area (TPSA) is 107 Å². The number of hydrogen-bond acceptors (Lipinski definition) is 6. The van der Waals surface area contributed by atoms with Gasteiger partial charge in [0.05, 0.1) is 0 Å². The van der Waals surface area contributed by atoms with Crippen LogP contribution in [0.25, 0.3) is 6.08 Å². The van der Waals surface area contributed by atoms with Crippen molar-refractivity contribution in [3.63, 3.8) is 0 Å². The number of ether oxygens (including phenoxy) is 1. The van der Waals surface area contributed by atoms with E-state index < -0.39 is 5.78 Å². The summed E-state index contributed by atoms with van der Waals surface area (Å²) in [5.41, 5.74) is 1.70. The lowest BCUT2D eigenvalue weighted by Crippen LogP contribution is -1.99. The van der Waals surface area contributed by atoms with Crippen molar-refractivity contribution >= 4 is 11.9 Å². The zero-order valence-electron chi connectivity index (χ0n) is 14.3. The number of phenols is 4. The molecule has 6 heteroatoms. The maximum absolute atomic E-state index is 12.6. The third-order valence-electron chi connectivity index (χ3n) is 4.03. The second kappa shape index (κ2) is 6.48. The van der Waals surface area contributed by atoms with E-state index in [0.717, 1.165) is 5.57 Å². The van der Waals surface area contributed by atoms with Crippen molar-refractivity contribution in [2.45, 2.75) is 20.3 Å².